The number of nitrogens with zero attached hydrogens (tertiary/aromatic N) is 2. The lowest BCUT2D eigenvalue weighted by atomic mass is 9.82. The Labute approximate surface area is 120 Å². The number of aryl methyl sites for hydroxylation is 2. The van der Waals surface area contributed by atoms with Crippen LogP contribution < -0.4 is 0 Å². The molecule has 0 spiro atoms. The highest BCUT2D eigenvalue weighted by Gasteiger charge is 2.23. The molecule has 102 valence electrons. The van der Waals surface area contributed by atoms with Crippen LogP contribution in [0.1, 0.15) is 48.2 Å². The van der Waals surface area contributed by atoms with E-state index in [0.717, 1.165) is 0 Å². The van der Waals surface area contributed by atoms with Gasteiger partial charge < -0.3 is 0 Å². The molecule has 0 unspecified atom stereocenters. The van der Waals surface area contributed by atoms with Gasteiger partial charge in [-0.3, -0.25) is 9.97 Å². The Hall–Kier alpha value is -1.70. The van der Waals surface area contributed by atoms with Gasteiger partial charge in [0.1, 0.15) is 0 Å². The van der Waals surface area contributed by atoms with Gasteiger partial charge >= 0.3 is 0 Å². The molecule has 0 amide bonds. The van der Waals surface area contributed by atoms with Crippen LogP contribution in [0.4, 0.5) is 0 Å². The maximum atomic E-state index is 5.02. The molecule has 2 aromatic rings. The maximum absolute atomic E-state index is 5.02. The summed E-state index contributed by atoms with van der Waals surface area (Å²) in [6.07, 6.45) is 13.8. The first-order valence-electron chi connectivity index (χ1n) is 7.87. The van der Waals surface area contributed by atoms with Crippen LogP contribution in [0.5, 0.6) is 0 Å². The molecule has 2 aromatic heterocycles. The number of pyridine rings is 2. The van der Waals surface area contributed by atoms with Gasteiger partial charge in [-0.2, -0.15) is 0 Å². The predicted octanol–water partition coefficient (Wildman–Crippen LogP) is 3.90. The summed E-state index contributed by atoms with van der Waals surface area (Å²) in [5.74, 6) is 0. The summed E-state index contributed by atoms with van der Waals surface area (Å²) in [5.41, 5.74) is 8.67. The second kappa shape index (κ2) is 5.01. The molecular formula is C18H20N2. The molecule has 4 rings (SSSR count). The van der Waals surface area contributed by atoms with E-state index in [0.29, 0.717) is 0 Å². The molecule has 0 radical (unpaired) electrons. The lowest BCUT2D eigenvalue weighted by molar-refractivity contribution is 0.629. The third kappa shape index (κ3) is 1.94. The molecule has 20 heavy (non-hydrogen) atoms. The zero-order valence-electron chi connectivity index (χ0n) is 11.9. The summed E-state index contributed by atoms with van der Waals surface area (Å²) >= 11 is 0. The monoisotopic (exact) mass is 264 g/mol. The van der Waals surface area contributed by atoms with E-state index in [-0.39, 0.29) is 0 Å². The molecule has 0 bridgehead atoms. The molecule has 0 atom stereocenters. The van der Waals surface area contributed by atoms with Crippen LogP contribution >= 0.6 is 0 Å². The van der Waals surface area contributed by atoms with Crippen molar-refractivity contribution in [1.82, 2.24) is 9.97 Å². The molecule has 0 saturated carbocycles. The third-order valence-corrected chi connectivity index (χ3v) is 4.72. The van der Waals surface area contributed by atoms with E-state index >= 15 is 0 Å². The Bertz CT molecular complexity index is 597. The van der Waals surface area contributed by atoms with Crippen LogP contribution in [0.3, 0.4) is 0 Å². The van der Waals surface area contributed by atoms with Crippen LogP contribution in [0.15, 0.2) is 24.5 Å². The summed E-state index contributed by atoms with van der Waals surface area (Å²) in [5, 5.41) is 0. The van der Waals surface area contributed by atoms with Crippen molar-refractivity contribution in [2.75, 3.05) is 0 Å². The molecule has 2 aliphatic rings. The minimum atomic E-state index is 1.17. The summed E-state index contributed by atoms with van der Waals surface area (Å²) in [6.45, 7) is 0. The molecule has 0 N–H and O–H groups in total. The van der Waals surface area contributed by atoms with Gasteiger partial charge in [-0.15, -0.1) is 0 Å². The van der Waals surface area contributed by atoms with Gasteiger partial charge in [-0.05, 0) is 85.8 Å². The molecule has 0 aromatic carbocycles. The number of hydrogen-bond acceptors (Lipinski definition) is 2. The average molecular weight is 264 g/mol. The molecule has 2 nitrogen and oxygen atoms in total. The Morgan fingerprint density at radius 3 is 1.85 bits per heavy atom. The van der Waals surface area contributed by atoms with Crippen molar-refractivity contribution < 1.29 is 0 Å². The number of fused-ring (bicyclic) bond motifs is 2. The number of hydrogen-bond donors (Lipinski definition) is 0. The van der Waals surface area contributed by atoms with E-state index in [2.05, 4.69) is 17.1 Å². The van der Waals surface area contributed by atoms with Gasteiger partial charge in [0, 0.05) is 23.8 Å². The molecule has 2 aliphatic carbocycles. The topological polar surface area (TPSA) is 25.8 Å². The first kappa shape index (κ1) is 12.1. The van der Waals surface area contributed by atoms with Crippen LogP contribution in [-0.4, -0.2) is 9.97 Å². The molecule has 0 fully saturated rings. The molecule has 0 saturated heterocycles. The predicted molar refractivity (Wildman–Crippen MR) is 80.8 cm³/mol. The highest BCUT2D eigenvalue weighted by molar-refractivity contribution is 5.73. The normalized spacial score (nSPS) is 17.4. The van der Waals surface area contributed by atoms with Crippen molar-refractivity contribution in [2.24, 2.45) is 0 Å². The summed E-state index contributed by atoms with van der Waals surface area (Å²) < 4.78 is 0. The van der Waals surface area contributed by atoms with Gasteiger partial charge in [-0.1, -0.05) is 0 Å². The molecule has 2 heteroatoms. The van der Waals surface area contributed by atoms with Crippen molar-refractivity contribution >= 4 is 0 Å². The van der Waals surface area contributed by atoms with Gasteiger partial charge in [0.15, 0.2) is 0 Å². The van der Waals surface area contributed by atoms with Crippen LogP contribution in [0.2, 0.25) is 0 Å². The average Bonchev–Trinajstić information content (AvgIpc) is 2.53. The zero-order valence-corrected chi connectivity index (χ0v) is 11.9. The summed E-state index contributed by atoms with van der Waals surface area (Å²) in [6, 6.07) is 4.33. The van der Waals surface area contributed by atoms with Gasteiger partial charge in [0.2, 0.25) is 0 Å². The second-order valence-corrected chi connectivity index (χ2v) is 5.99. The zero-order chi connectivity index (χ0) is 13.4. The molecular weight excluding hydrogens is 244 g/mol. The first-order chi connectivity index (χ1) is 9.93. The highest BCUT2D eigenvalue weighted by atomic mass is 14.7. The number of aromatic nitrogens is 2. The minimum absolute atomic E-state index is 1.17. The Morgan fingerprint density at radius 2 is 1.25 bits per heavy atom. The van der Waals surface area contributed by atoms with Gasteiger partial charge in [-0.25, -0.2) is 0 Å². The fourth-order valence-corrected chi connectivity index (χ4v) is 3.78. The van der Waals surface area contributed by atoms with Gasteiger partial charge in [0.05, 0.1) is 0 Å². The summed E-state index contributed by atoms with van der Waals surface area (Å²) in [4.78, 5) is 9.20. The molecule has 2 heterocycles. The smallest absolute Gasteiger partial charge is 0.0445 e. The third-order valence-electron chi connectivity index (χ3n) is 4.72. The van der Waals surface area contributed by atoms with Crippen molar-refractivity contribution in [3.8, 4) is 11.1 Å². The standard InChI is InChI=1S/C18H20N2/c1-3-7-16-14(5-1)18(13-9-11-19-12-10-13)15-6-2-4-8-17(15)20-16/h9-12H,1-8H2. The Kier molecular flexibility index (Phi) is 3.02. The first-order valence-corrected chi connectivity index (χ1v) is 7.87. The van der Waals surface area contributed by atoms with Crippen molar-refractivity contribution in [1.29, 1.82) is 0 Å². The highest BCUT2D eigenvalue weighted by Crippen LogP contribution is 2.37. The van der Waals surface area contributed by atoms with E-state index in [1.165, 1.54) is 85.0 Å². The largest absolute Gasteiger partial charge is 0.265 e. The quantitative estimate of drug-likeness (QED) is 0.780. The van der Waals surface area contributed by atoms with E-state index in [4.69, 9.17) is 4.98 Å². The number of rotatable bonds is 1. The van der Waals surface area contributed by atoms with Crippen LogP contribution in [-0.2, 0) is 25.7 Å². The van der Waals surface area contributed by atoms with Crippen LogP contribution in [0.25, 0.3) is 11.1 Å². The SMILES string of the molecule is c1cc(-c2c3c(nc4c2CCCC4)CCCC3)ccn1. The lowest BCUT2D eigenvalue weighted by Crippen LogP contribution is -2.15. The van der Waals surface area contributed by atoms with Crippen molar-refractivity contribution in [2.45, 2.75) is 51.4 Å². The minimum Gasteiger partial charge on any atom is -0.265 e. The van der Waals surface area contributed by atoms with Crippen molar-refractivity contribution in [3.63, 3.8) is 0 Å². The van der Waals surface area contributed by atoms with E-state index in [1.54, 1.807) is 0 Å². The van der Waals surface area contributed by atoms with E-state index in [9.17, 15) is 0 Å². The fraction of sp³-hybridized carbons (Fsp3) is 0.444. The van der Waals surface area contributed by atoms with Crippen LogP contribution in [0, 0.1) is 0 Å². The van der Waals surface area contributed by atoms with Crippen molar-refractivity contribution in [3.05, 3.63) is 47.0 Å². The maximum Gasteiger partial charge on any atom is 0.0445 e. The van der Waals surface area contributed by atoms with Gasteiger partial charge in [0.25, 0.3) is 0 Å². The molecule has 0 aliphatic heterocycles. The fourth-order valence-electron chi connectivity index (χ4n) is 3.78. The lowest BCUT2D eigenvalue weighted by Gasteiger charge is -2.26. The summed E-state index contributed by atoms with van der Waals surface area (Å²) in [7, 11) is 0. The Morgan fingerprint density at radius 1 is 0.700 bits per heavy atom. The van der Waals surface area contributed by atoms with E-state index < -0.39 is 0 Å². The Balaban J connectivity index is 1.98. The second-order valence-electron chi connectivity index (χ2n) is 5.99. The van der Waals surface area contributed by atoms with E-state index in [1.807, 2.05) is 12.4 Å².